The smallest absolute Gasteiger partial charge is 0.374 e. The van der Waals surface area contributed by atoms with Crippen LogP contribution in [0.2, 0.25) is 0 Å². The first-order chi connectivity index (χ1) is 11.1. The third-order valence-corrected chi connectivity index (χ3v) is 3.64. The van der Waals surface area contributed by atoms with Gasteiger partial charge in [0.15, 0.2) is 5.82 Å². The third-order valence-electron chi connectivity index (χ3n) is 3.64. The van der Waals surface area contributed by atoms with Gasteiger partial charge in [-0.25, -0.2) is 4.98 Å². The highest BCUT2D eigenvalue weighted by Gasteiger charge is 2.58. The van der Waals surface area contributed by atoms with Crippen LogP contribution in [0.3, 0.4) is 0 Å². The summed E-state index contributed by atoms with van der Waals surface area (Å²) in [6.45, 7) is 0.0845. The molecule has 6 nitrogen and oxygen atoms in total. The van der Waals surface area contributed by atoms with Crippen molar-refractivity contribution in [1.82, 2.24) is 19.4 Å². The van der Waals surface area contributed by atoms with Gasteiger partial charge in [-0.15, -0.1) is 0 Å². The van der Waals surface area contributed by atoms with Crippen LogP contribution in [-0.4, -0.2) is 43.7 Å². The highest BCUT2D eigenvalue weighted by molar-refractivity contribution is 5.77. The zero-order valence-corrected chi connectivity index (χ0v) is 13.2. The van der Waals surface area contributed by atoms with Crippen LogP contribution in [0.25, 0.3) is 0 Å². The largest absolute Gasteiger partial charge is 0.425 e. The summed E-state index contributed by atoms with van der Waals surface area (Å²) < 4.78 is 41.3. The molecule has 2 aromatic heterocycles. The zero-order chi connectivity index (χ0) is 18.0. The molecule has 1 N–H and O–H groups in total. The van der Waals surface area contributed by atoms with E-state index >= 15 is 0 Å². The molecular weight excluding hydrogens is 325 g/mol. The molecule has 0 saturated heterocycles. The highest BCUT2D eigenvalue weighted by atomic mass is 19.4. The van der Waals surface area contributed by atoms with Crippen LogP contribution in [0.4, 0.5) is 13.2 Å². The van der Waals surface area contributed by atoms with E-state index in [1.54, 1.807) is 18.3 Å². The van der Waals surface area contributed by atoms with Gasteiger partial charge in [0.25, 0.3) is 0 Å². The Hall–Kier alpha value is -2.42. The van der Waals surface area contributed by atoms with E-state index in [2.05, 4.69) is 9.97 Å². The maximum absolute atomic E-state index is 13.4. The van der Waals surface area contributed by atoms with Crippen LogP contribution in [0.1, 0.15) is 17.8 Å². The SMILES string of the molecule is CN(Cc1cccnc1)C(=O)CC(O)(c1nccn1C)C(F)(F)F. The molecule has 0 saturated carbocycles. The average molecular weight is 342 g/mol. The Labute approximate surface area is 136 Å². The second-order valence-corrected chi connectivity index (χ2v) is 5.51. The Bertz CT molecular complexity index is 702. The van der Waals surface area contributed by atoms with Crippen molar-refractivity contribution in [3.8, 4) is 0 Å². The molecule has 9 heteroatoms. The van der Waals surface area contributed by atoms with E-state index in [0.717, 1.165) is 15.7 Å². The molecule has 130 valence electrons. The van der Waals surface area contributed by atoms with Crippen molar-refractivity contribution in [2.45, 2.75) is 24.7 Å². The molecular formula is C15H17F3N4O2. The second kappa shape index (κ2) is 6.60. The monoisotopic (exact) mass is 342 g/mol. The van der Waals surface area contributed by atoms with Crippen LogP contribution in [-0.2, 0) is 24.0 Å². The van der Waals surface area contributed by atoms with Gasteiger partial charge in [-0.2, -0.15) is 13.2 Å². The lowest BCUT2D eigenvalue weighted by atomic mass is 9.96. The number of halogens is 3. The Balaban J connectivity index is 2.21. The minimum Gasteiger partial charge on any atom is -0.374 e. The maximum atomic E-state index is 13.4. The van der Waals surface area contributed by atoms with Crippen LogP contribution in [0.15, 0.2) is 36.9 Å². The quantitative estimate of drug-likeness (QED) is 0.896. The number of nitrogens with zero attached hydrogens (tertiary/aromatic N) is 4. The predicted molar refractivity (Wildman–Crippen MR) is 78.5 cm³/mol. The van der Waals surface area contributed by atoms with E-state index in [1.165, 1.54) is 26.5 Å². The molecule has 1 unspecified atom stereocenters. The van der Waals surface area contributed by atoms with Gasteiger partial charge in [-0.1, -0.05) is 6.07 Å². The van der Waals surface area contributed by atoms with Gasteiger partial charge in [-0.3, -0.25) is 9.78 Å². The molecule has 0 spiro atoms. The van der Waals surface area contributed by atoms with Gasteiger partial charge < -0.3 is 14.6 Å². The number of rotatable bonds is 5. The number of aryl methyl sites for hydroxylation is 1. The lowest BCUT2D eigenvalue weighted by Crippen LogP contribution is -2.48. The molecule has 1 atom stereocenters. The van der Waals surface area contributed by atoms with Crippen molar-refractivity contribution in [1.29, 1.82) is 0 Å². The summed E-state index contributed by atoms with van der Waals surface area (Å²) in [5.41, 5.74) is -2.69. The summed E-state index contributed by atoms with van der Waals surface area (Å²) in [5.74, 6) is -1.49. The van der Waals surface area contributed by atoms with E-state index in [9.17, 15) is 23.1 Å². The molecule has 0 radical (unpaired) electrons. The molecule has 0 bridgehead atoms. The second-order valence-electron chi connectivity index (χ2n) is 5.51. The molecule has 0 aliphatic heterocycles. The first kappa shape index (κ1) is 17.9. The average Bonchev–Trinajstić information content (AvgIpc) is 2.93. The zero-order valence-electron chi connectivity index (χ0n) is 13.2. The molecule has 0 fully saturated rings. The number of hydrogen-bond acceptors (Lipinski definition) is 4. The predicted octanol–water partition coefficient (Wildman–Crippen LogP) is 1.61. The summed E-state index contributed by atoms with van der Waals surface area (Å²) >= 11 is 0. The fourth-order valence-corrected chi connectivity index (χ4v) is 2.28. The van der Waals surface area contributed by atoms with E-state index in [4.69, 9.17) is 0 Å². The maximum Gasteiger partial charge on any atom is 0.425 e. The number of carbonyl (C=O) groups excluding carboxylic acids is 1. The van der Waals surface area contributed by atoms with Gasteiger partial charge in [0.05, 0.1) is 6.42 Å². The van der Waals surface area contributed by atoms with E-state index < -0.39 is 29.9 Å². The van der Waals surface area contributed by atoms with Gasteiger partial charge in [0, 0.05) is 45.4 Å². The first-order valence-corrected chi connectivity index (χ1v) is 7.05. The van der Waals surface area contributed by atoms with Crippen molar-refractivity contribution in [2.24, 2.45) is 7.05 Å². The van der Waals surface area contributed by atoms with E-state index in [-0.39, 0.29) is 6.54 Å². The van der Waals surface area contributed by atoms with E-state index in [0.29, 0.717) is 5.56 Å². The number of aliphatic hydroxyl groups is 1. The van der Waals surface area contributed by atoms with Gasteiger partial charge in [-0.05, 0) is 11.6 Å². The van der Waals surface area contributed by atoms with E-state index in [1.807, 2.05) is 0 Å². The molecule has 0 aromatic carbocycles. The Morgan fingerprint density at radius 2 is 2.08 bits per heavy atom. The van der Waals surface area contributed by atoms with Crippen LogP contribution in [0.5, 0.6) is 0 Å². The lowest BCUT2D eigenvalue weighted by molar-refractivity contribution is -0.271. The lowest BCUT2D eigenvalue weighted by Gasteiger charge is -2.31. The number of amides is 1. The summed E-state index contributed by atoms with van der Waals surface area (Å²) in [6.07, 6.45) is -0.728. The molecule has 0 aliphatic rings. The van der Waals surface area contributed by atoms with Gasteiger partial charge in [0.2, 0.25) is 11.5 Å². The number of imidazole rings is 1. The van der Waals surface area contributed by atoms with Gasteiger partial charge >= 0.3 is 6.18 Å². The van der Waals surface area contributed by atoms with Crippen molar-refractivity contribution < 1.29 is 23.1 Å². The number of carbonyl (C=O) groups is 1. The molecule has 2 aromatic rings. The number of alkyl halides is 3. The van der Waals surface area contributed by atoms with Crippen molar-refractivity contribution in [3.05, 3.63) is 48.3 Å². The standard InChI is InChI=1S/C15H17F3N4O2/c1-21-7-6-20-13(21)14(24,15(16,17)18)8-12(23)22(2)10-11-4-3-5-19-9-11/h3-7,9,24H,8,10H2,1-2H3. The Morgan fingerprint density at radius 3 is 2.58 bits per heavy atom. The van der Waals surface area contributed by atoms with Crippen molar-refractivity contribution in [3.63, 3.8) is 0 Å². The minimum absolute atomic E-state index is 0.0845. The Kier molecular flexibility index (Phi) is 4.93. The fraction of sp³-hybridized carbons (Fsp3) is 0.400. The summed E-state index contributed by atoms with van der Waals surface area (Å²) in [7, 11) is 2.69. The molecule has 0 aliphatic carbocycles. The van der Waals surface area contributed by atoms with Crippen LogP contribution in [0, 0.1) is 0 Å². The minimum atomic E-state index is -5.04. The number of hydrogen-bond donors (Lipinski definition) is 1. The van der Waals surface area contributed by atoms with Crippen LogP contribution >= 0.6 is 0 Å². The summed E-state index contributed by atoms with van der Waals surface area (Å²) in [6, 6.07) is 3.36. The molecule has 2 rings (SSSR count). The Morgan fingerprint density at radius 1 is 1.38 bits per heavy atom. The number of aromatic nitrogens is 3. The van der Waals surface area contributed by atoms with Crippen molar-refractivity contribution >= 4 is 5.91 Å². The topological polar surface area (TPSA) is 71.2 Å². The van der Waals surface area contributed by atoms with Crippen LogP contribution < -0.4 is 0 Å². The normalized spacial score (nSPS) is 14.2. The van der Waals surface area contributed by atoms with Gasteiger partial charge in [0.1, 0.15) is 0 Å². The first-order valence-electron chi connectivity index (χ1n) is 7.05. The molecule has 2 heterocycles. The molecule has 1 amide bonds. The summed E-state index contributed by atoms with van der Waals surface area (Å²) in [4.78, 5) is 20.8. The molecule has 24 heavy (non-hydrogen) atoms. The summed E-state index contributed by atoms with van der Waals surface area (Å²) in [5, 5.41) is 10.2. The third kappa shape index (κ3) is 3.56. The number of pyridine rings is 1. The highest BCUT2D eigenvalue weighted by Crippen LogP contribution is 2.41. The van der Waals surface area contributed by atoms with Crippen molar-refractivity contribution in [2.75, 3.05) is 7.05 Å². The fourth-order valence-electron chi connectivity index (χ4n) is 2.28.